The number of rotatable bonds is 2. The van der Waals surface area contributed by atoms with Crippen LogP contribution in [0.5, 0.6) is 0 Å². The minimum atomic E-state index is -4.79. The van der Waals surface area contributed by atoms with Crippen molar-refractivity contribution in [1.29, 1.82) is 0 Å². The Balaban J connectivity index is 2.59. The molecule has 16 heavy (non-hydrogen) atoms. The fraction of sp³-hybridized carbons (Fsp3) is 0.200. The van der Waals surface area contributed by atoms with Gasteiger partial charge in [0, 0.05) is 0 Å². The Bertz CT molecular complexity index is 411. The van der Waals surface area contributed by atoms with Gasteiger partial charge in [-0.05, 0) is 0 Å². The molecule has 0 aliphatic rings. The van der Waals surface area contributed by atoms with Gasteiger partial charge < -0.3 is 0 Å². The first-order valence-corrected chi connectivity index (χ1v) is 6.18. The van der Waals surface area contributed by atoms with Crippen molar-refractivity contribution in [3.63, 3.8) is 0 Å². The molecule has 2 heterocycles. The molecule has 1 unspecified atom stereocenters. The summed E-state index contributed by atoms with van der Waals surface area (Å²) in [5.74, 6) is -0.489. The van der Waals surface area contributed by atoms with Gasteiger partial charge in [-0.2, -0.15) is 0 Å². The molecule has 0 radical (unpaired) electrons. The molecular formula is C10H7F3O2Se. The number of hydrogen-bond acceptors (Lipinski definition) is 2. The Morgan fingerprint density at radius 3 is 2.38 bits per heavy atom. The Morgan fingerprint density at radius 1 is 1.19 bits per heavy atom. The maximum absolute atomic E-state index is 13.0. The van der Waals surface area contributed by atoms with Crippen molar-refractivity contribution in [2.45, 2.75) is 11.8 Å². The molecule has 0 fully saturated rings. The SMILES string of the molecule is OC(c1ccco1)(c1ccc[se]1)C(F)(F)F. The molecule has 86 valence electrons. The average Bonchev–Trinajstić information content (AvgIpc) is 2.88. The van der Waals surface area contributed by atoms with Gasteiger partial charge in [0.25, 0.3) is 0 Å². The van der Waals surface area contributed by atoms with Crippen LogP contribution in [0, 0.1) is 0 Å². The fourth-order valence-electron chi connectivity index (χ4n) is 1.37. The summed E-state index contributed by atoms with van der Waals surface area (Å²) in [6.45, 7) is 0. The molecular weight excluding hydrogens is 288 g/mol. The fourth-order valence-corrected chi connectivity index (χ4v) is 3.15. The molecule has 0 aliphatic heterocycles. The van der Waals surface area contributed by atoms with Gasteiger partial charge in [0.05, 0.1) is 0 Å². The summed E-state index contributed by atoms with van der Waals surface area (Å²) in [7, 11) is 0. The molecule has 2 nitrogen and oxygen atoms in total. The van der Waals surface area contributed by atoms with Crippen LogP contribution in [-0.4, -0.2) is 25.8 Å². The van der Waals surface area contributed by atoms with Crippen molar-refractivity contribution in [2.75, 3.05) is 0 Å². The van der Waals surface area contributed by atoms with E-state index in [1.165, 1.54) is 18.2 Å². The van der Waals surface area contributed by atoms with E-state index in [4.69, 9.17) is 4.42 Å². The van der Waals surface area contributed by atoms with Crippen LogP contribution >= 0.6 is 0 Å². The van der Waals surface area contributed by atoms with E-state index < -0.39 is 32.0 Å². The molecule has 2 aromatic rings. The summed E-state index contributed by atoms with van der Waals surface area (Å²) in [6, 6.07) is 5.25. The average molecular weight is 295 g/mol. The van der Waals surface area contributed by atoms with Crippen LogP contribution in [-0.2, 0) is 5.60 Å². The van der Waals surface area contributed by atoms with Gasteiger partial charge >= 0.3 is 94.6 Å². The van der Waals surface area contributed by atoms with E-state index in [1.54, 1.807) is 4.94 Å². The van der Waals surface area contributed by atoms with Crippen LogP contribution in [0.4, 0.5) is 13.2 Å². The van der Waals surface area contributed by atoms with E-state index in [0.29, 0.717) is 0 Å². The van der Waals surface area contributed by atoms with Crippen molar-refractivity contribution in [3.8, 4) is 0 Å². The predicted octanol–water partition coefficient (Wildman–Crippen LogP) is 2.13. The zero-order valence-electron chi connectivity index (χ0n) is 7.86. The molecule has 6 heteroatoms. The number of hydrogen-bond donors (Lipinski definition) is 1. The van der Waals surface area contributed by atoms with E-state index >= 15 is 0 Å². The molecule has 0 bridgehead atoms. The van der Waals surface area contributed by atoms with Gasteiger partial charge in [-0.25, -0.2) is 0 Å². The first-order valence-electron chi connectivity index (χ1n) is 4.33. The molecule has 2 rings (SSSR count). The second kappa shape index (κ2) is 3.80. The summed E-state index contributed by atoms with van der Waals surface area (Å²) in [4.78, 5) is 1.61. The van der Waals surface area contributed by atoms with Crippen molar-refractivity contribution in [1.82, 2.24) is 0 Å². The number of aliphatic hydroxyl groups is 1. The summed E-state index contributed by atoms with van der Waals surface area (Å²) >= 11 is -0.503. The third kappa shape index (κ3) is 1.63. The first-order chi connectivity index (χ1) is 7.46. The molecule has 0 saturated heterocycles. The number of halogens is 3. The summed E-state index contributed by atoms with van der Waals surface area (Å²) in [5.41, 5.74) is -3.00. The summed E-state index contributed by atoms with van der Waals surface area (Å²) < 4.78 is 43.5. The third-order valence-corrected chi connectivity index (χ3v) is 4.22. The molecule has 2 aromatic heterocycles. The van der Waals surface area contributed by atoms with Crippen molar-refractivity contribution < 1.29 is 22.7 Å². The van der Waals surface area contributed by atoms with Gasteiger partial charge in [-0.3, -0.25) is 0 Å². The normalized spacial score (nSPS) is 16.0. The van der Waals surface area contributed by atoms with E-state index in [-0.39, 0.29) is 4.44 Å². The van der Waals surface area contributed by atoms with Crippen LogP contribution in [0.3, 0.4) is 0 Å². The Kier molecular flexibility index (Phi) is 2.74. The molecule has 0 aromatic carbocycles. The van der Waals surface area contributed by atoms with Crippen LogP contribution < -0.4 is 0 Å². The Morgan fingerprint density at radius 2 is 1.94 bits per heavy atom. The number of alkyl halides is 3. The predicted molar refractivity (Wildman–Crippen MR) is 51.1 cm³/mol. The minimum absolute atomic E-state index is 0.0672. The van der Waals surface area contributed by atoms with Crippen LogP contribution in [0.2, 0.25) is 0 Å². The summed E-state index contributed by atoms with van der Waals surface area (Å²) in [6.07, 6.45) is -3.67. The first kappa shape index (κ1) is 11.5. The molecule has 0 spiro atoms. The quantitative estimate of drug-likeness (QED) is 0.861. The van der Waals surface area contributed by atoms with E-state index in [0.717, 1.165) is 12.3 Å². The monoisotopic (exact) mass is 296 g/mol. The third-order valence-electron chi connectivity index (χ3n) is 2.17. The topological polar surface area (TPSA) is 33.4 Å². The van der Waals surface area contributed by atoms with Crippen molar-refractivity contribution in [2.24, 2.45) is 0 Å². The van der Waals surface area contributed by atoms with Crippen LogP contribution in [0.25, 0.3) is 0 Å². The van der Waals surface area contributed by atoms with Crippen molar-refractivity contribution in [3.05, 3.63) is 45.7 Å². The zero-order valence-corrected chi connectivity index (χ0v) is 9.57. The standard InChI is InChI=1S/C10H7F3O2Se/c11-10(12,13)9(14,7-3-1-5-15-7)8-4-2-6-16-8/h1-6,14H. The van der Waals surface area contributed by atoms with Gasteiger partial charge in [0.2, 0.25) is 0 Å². The molecule has 1 atom stereocenters. The van der Waals surface area contributed by atoms with E-state index in [1.807, 2.05) is 0 Å². The van der Waals surface area contributed by atoms with Crippen LogP contribution in [0.1, 0.15) is 10.2 Å². The van der Waals surface area contributed by atoms with Gasteiger partial charge in [-0.15, -0.1) is 0 Å². The van der Waals surface area contributed by atoms with Gasteiger partial charge in [0.1, 0.15) is 0 Å². The Labute approximate surface area is 95.1 Å². The number of furan rings is 1. The maximum atomic E-state index is 13.0. The molecule has 0 amide bonds. The van der Waals surface area contributed by atoms with Crippen LogP contribution in [0.15, 0.2) is 39.9 Å². The second-order valence-electron chi connectivity index (χ2n) is 3.16. The summed E-state index contributed by atoms with van der Waals surface area (Å²) in [5, 5.41) is 9.90. The van der Waals surface area contributed by atoms with E-state index in [2.05, 4.69) is 0 Å². The Hall–Kier alpha value is -0.971. The van der Waals surface area contributed by atoms with Crippen molar-refractivity contribution >= 4 is 14.5 Å². The zero-order chi connectivity index (χ0) is 11.8. The molecule has 0 aliphatic carbocycles. The molecule has 0 saturated carbocycles. The second-order valence-corrected chi connectivity index (χ2v) is 5.15. The van der Waals surface area contributed by atoms with Gasteiger partial charge in [-0.1, -0.05) is 0 Å². The van der Waals surface area contributed by atoms with Gasteiger partial charge in [0.15, 0.2) is 0 Å². The van der Waals surface area contributed by atoms with E-state index in [9.17, 15) is 18.3 Å². The molecule has 1 N–H and O–H groups in total.